The van der Waals surface area contributed by atoms with E-state index in [2.05, 4.69) is 24.5 Å². The fourth-order valence-electron chi connectivity index (χ4n) is 6.31. The second kappa shape index (κ2) is 21.3. The lowest BCUT2D eigenvalue weighted by molar-refractivity contribution is 0.0685. The van der Waals surface area contributed by atoms with Crippen LogP contribution in [0.15, 0.2) is 133 Å². The molecule has 0 bridgehead atoms. The molecule has 63 heavy (non-hydrogen) atoms. The quantitative estimate of drug-likeness (QED) is 0.0580. The molecule has 0 saturated heterocycles. The number of rotatable bonds is 20. The second-order valence-electron chi connectivity index (χ2n) is 15.3. The van der Waals surface area contributed by atoms with E-state index >= 15 is 0 Å². The summed E-state index contributed by atoms with van der Waals surface area (Å²) in [6.45, 7) is 8.58. The molecular formula is C51H50N2O10. The van der Waals surface area contributed by atoms with Gasteiger partial charge in [0.05, 0.1) is 46.3 Å². The highest BCUT2D eigenvalue weighted by Crippen LogP contribution is 2.35. The number of carboxylic acids is 2. The first kappa shape index (κ1) is 44.9. The molecule has 6 aromatic rings. The van der Waals surface area contributed by atoms with Crippen molar-refractivity contribution in [2.45, 2.75) is 59.9 Å². The Morgan fingerprint density at radius 3 is 1.48 bits per heavy atom. The molecule has 4 N–H and O–H groups in total. The van der Waals surface area contributed by atoms with Crippen LogP contribution in [0.2, 0.25) is 0 Å². The van der Waals surface area contributed by atoms with Crippen molar-refractivity contribution in [3.05, 3.63) is 167 Å². The van der Waals surface area contributed by atoms with Crippen LogP contribution in [0.4, 0.5) is 11.4 Å². The molecule has 0 heterocycles. The van der Waals surface area contributed by atoms with Crippen LogP contribution in [0.5, 0.6) is 23.0 Å². The number of aromatic carboxylic acids is 2. The van der Waals surface area contributed by atoms with Gasteiger partial charge in [-0.05, 0) is 109 Å². The van der Waals surface area contributed by atoms with Crippen LogP contribution < -0.4 is 29.6 Å². The number of carboxylic acid groups (broad SMARTS) is 2. The van der Waals surface area contributed by atoms with Crippen LogP contribution in [0.25, 0.3) is 11.1 Å². The highest BCUT2D eigenvalue weighted by Gasteiger charge is 2.22. The minimum Gasteiger partial charge on any atom is -0.493 e. The Hall–Kier alpha value is -7.60. The van der Waals surface area contributed by atoms with Crippen molar-refractivity contribution in [3.8, 4) is 34.1 Å². The van der Waals surface area contributed by atoms with E-state index in [1.807, 2.05) is 74.5 Å². The summed E-state index contributed by atoms with van der Waals surface area (Å²) in [6, 6.07) is 37.8. The van der Waals surface area contributed by atoms with Gasteiger partial charge in [0.25, 0.3) is 11.8 Å². The molecule has 0 aliphatic rings. The third-order valence-electron chi connectivity index (χ3n) is 10.1. The number of amides is 2. The van der Waals surface area contributed by atoms with Crippen molar-refractivity contribution in [3.63, 3.8) is 0 Å². The van der Waals surface area contributed by atoms with Gasteiger partial charge in [-0.25, -0.2) is 9.59 Å². The molecule has 12 heteroatoms. The summed E-state index contributed by atoms with van der Waals surface area (Å²) in [5.74, 6) is -1.92. The van der Waals surface area contributed by atoms with Gasteiger partial charge in [0, 0.05) is 0 Å². The Labute approximate surface area is 366 Å². The molecule has 0 spiro atoms. The molecule has 1 atom stereocenters. The van der Waals surface area contributed by atoms with Crippen LogP contribution >= 0.6 is 0 Å². The number of hydrogen-bond acceptors (Lipinski definition) is 8. The molecule has 12 nitrogen and oxygen atoms in total. The van der Waals surface area contributed by atoms with E-state index in [-0.39, 0.29) is 64.5 Å². The van der Waals surface area contributed by atoms with Gasteiger partial charge >= 0.3 is 11.9 Å². The van der Waals surface area contributed by atoms with Crippen molar-refractivity contribution >= 4 is 35.1 Å². The number of nitrogens with one attached hydrogen (secondary N) is 2. The first-order valence-electron chi connectivity index (χ1n) is 20.7. The molecule has 6 rings (SSSR count). The Morgan fingerprint density at radius 2 is 1.00 bits per heavy atom. The van der Waals surface area contributed by atoms with Gasteiger partial charge < -0.3 is 39.8 Å². The highest BCUT2D eigenvalue weighted by atomic mass is 16.5. The van der Waals surface area contributed by atoms with Crippen LogP contribution in [-0.2, 0) is 13.2 Å². The summed E-state index contributed by atoms with van der Waals surface area (Å²) in [6.07, 6.45) is 1.16. The predicted molar refractivity (Wildman–Crippen MR) is 241 cm³/mol. The van der Waals surface area contributed by atoms with Crippen molar-refractivity contribution in [1.29, 1.82) is 0 Å². The SMILES string of the molecule is CCC(C)Oc1cc(C(=O)O)ccc1NC(=O)c1ccc(-c2ccc(C(=O)Nc3ccc(C(=O)O)cc3OCc3ccccc3)c(OCc3ccccc3)c2)cc1OCCC(C)C. The monoisotopic (exact) mass is 850 g/mol. The number of benzene rings is 6. The molecule has 0 fully saturated rings. The van der Waals surface area contributed by atoms with E-state index in [0.717, 1.165) is 17.5 Å². The summed E-state index contributed by atoms with van der Waals surface area (Å²) >= 11 is 0. The second-order valence-corrected chi connectivity index (χ2v) is 15.3. The molecule has 0 aliphatic heterocycles. The summed E-state index contributed by atoms with van der Waals surface area (Å²) in [5, 5.41) is 25.1. The summed E-state index contributed by atoms with van der Waals surface area (Å²) < 4.78 is 24.6. The fraction of sp³-hybridized carbons (Fsp3) is 0.216. The van der Waals surface area contributed by atoms with Crippen LogP contribution in [0.1, 0.15) is 93.1 Å². The lowest BCUT2D eigenvalue weighted by Crippen LogP contribution is -2.17. The zero-order valence-electron chi connectivity index (χ0n) is 35.6. The van der Waals surface area contributed by atoms with Gasteiger partial charge in [-0.15, -0.1) is 0 Å². The number of anilines is 2. The number of carbonyl (C=O) groups excluding carboxylic acids is 2. The zero-order valence-corrected chi connectivity index (χ0v) is 35.6. The first-order chi connectivity index (χ1) is 30.4. The normalized spacial score (nSPS) is 11.3. The molecule has 0 aromatic heterocycles. The Morgan fingerprint density at radius 1 is 0.540 bits per heavy atom. The standard InChI is InChI=1S/C51H50N2O10/c1-5-33(4)63-47-29-39(51(58)59)19-23-43(47)53-48(54)40-20-16-36(26-44(40)60-25-24-32(2)3)37-17-21-41(45(27-37)61-30-34-12-8-6-9-13-34)49(55)52-42-22-18-38(50(56)57)28-46(42)62-31-35-14-10-7-11-15-35/h6-23,26-29,32-33H,5,24-25,30-31H2,1-4H3,(H,52,55)(H,53,54)(H,56,57)(H,58,59). The van der Waals surface area contributed by atoms with E-state index in [0.29, 0.717) is 41.5 Å². The van der Waals surface area contributed by atoms with Crippen molar-refractivity contribution in [2.75, 3.05) is 17.2 Å². The lowest BCUT2D eigenvalue weighted by atomic mass is 10.00. The third kappa shape index (κ3) is 12.3. The van der Waals surface area contributed by atoms with Crippen LogP contribution in [0.3, 0.4) is 0 Å². The average Bonchev–Trinajstić information content (AvgIpc) is 3.28. The van der Waals surface area contributed by atoms with E-state index in [1.165, 1.54) is 36.4 Å². The topological polar surface area (TPSA) is 170 Å². The minimum atomic E-state index is -1.14. The summed E-state index contributed by atoms with van der Waals surface area (Å²) in [7, 11) is 0. The van der Waals surface area contributed by atoms with Crippen molar-refractivity contribution < 1.29 is 48.3 Å². The molecule has 0 radical (unpaired) electrons. The van der Waals surface area contributed by atoms with Crippen molar-refractivity contribution in [1.82, 2.24) is 0 Å². The molecular weight excluding hydrogens is 801 g/mol. The summed E-state index contributed by atoms with van der Waals surface area (Å²) in [4.78, 5) is 51.7. The molecule has 6 aromatic carbocycles. The Balaban J connectivity index is 1.33. The maximum absolute atomic E-state index is 14.1. The average molecular weight is 851 g/mol. The van der Waals surface area contributed by atoms with Gasteiger partial charge in [-0.3, -0.25) is 9.59 Å². The number of hydrogen-bond donors (Lipinski definition) is 4. The maximum atomic E-state index is 14.1. The third-order valence-corrected chi connectivity index (χ3v) is 10.1. The van der Waals surface area contributed by atoms with Gasteiger partial charge in [0.2, 0.25) is 0 Å². The van der Waals surface area contributed by atoms with Gasteiger partial charge in [0.15, 0.2) is 0 Å². The largest absolute Gasteiger partial charge is 0.493 e. The molecule has 0 aliphatic carbocycles. The maximum Gasteiger partial charge on any atom is 0.335 e. The zero-order chi connectivity index (χ0) is 44.9. The molecule has 1 unspecified atom stereocenters. The molecule has 2 amide bonds. The number of ether oxygens (including phenoxy) is 4. The fourth-order valence-corrected chi connectivity index (χ4v) is 6.31. The highest BCUT2D eigenvalue weighted by molar-refractivity contribution is 6.09. The lowest BCUT2D eigenvalue weighted by Gasteiger charge is -2.19. The Kier molecular flexibility index (Phi) is 15.2. The summed E-state index contributed by atoms with van der Waals surface area (Å²) in [5.41, 5.74) is 4.14. The smallest absolute Gasteiger partial charge is 0.335 e. The first-order valence-corrected chi connectivity index (χ1v) is 20.7. The molecule has 0 saturated carbocycles. The van der Waals surface area contributed by atoms with Crippen LogP contribution in [-0.4, -0.2) is 46.7 Å². The molecule has 324 valence electrons. The van der Waals surface area contributed by atoms with Gasteiger partial charge in [-0.2, -0.15) is 0 Å². The van der Waals surface area contributed by atoms with Gasteiger partial charge in [0.1, 0.15) is 36.2 Å². The van der Waals surface area contributed by atoms with E-state index in [1.54, 1.807) is 36.4 Å². The predicted octanol–water partition coefficient (Wildman–Crippen LogP) is 11.0. The minimum absolute atomic E-state index is 0.00174. The van der Waals surface area contributed by atoms with E-state index in [9.17, 15) is 29.4 Å². The van der Waals surface area contributed by atoms with Crippen molar-refractivity contribution in [2.24, 2.45) is 5.92 Å². The van der Waals surface area contributed by atoms with E-state index in [4.69, 9.17) is 18.9 Å². The number of carbonyl (C=O) groups is 4. The Bertz CT molecular complexity index is 2560. The van der Waals surface area contributed by atoms with Crippen LogP contribution in [0, 0.1) is 5.92 Å². The van der Waals surface area contributed by atoms with E-state index < -0.39 is 23.8 Å². The van der Waals surface area contributed by atoms with Gasteiger partial charge in [-0.1, -0.05) is 93.6 Å².